The van der Waals surface area contributed by atoms with Gasteiger partial charge in [-0.2, -0.15) is 5.10 Å². The van der Waals surface area contributed by atoms with Crippen molar-refractivity contribution in [3.05, 3.63) is 115 Å². The van der Waals surface area contributed by atoms with E-state index >= 15 is 0 Å². The lowest BCUT2D eigenvalue weighted by atomic mass is 10.1. The molecule has 0 bridgehead atoms. The molecule has 1 aromatic heterocycles. The first-order valence-corrected chi connectivity index (χ1v) is 12.8. The molecule has 1 unspecified atom stereocenters. The van der Waals surface area contributed by atoms with Gasteiger partial charge in [-0.3, -0.25) is 9.36 Å². The van der Waals surface area contributed by atoms with Crippen LogP contribution in [-0.4, -0.2) is 32.1 Å². The summed E-state index contributed by atoms with van der Waals surface area (Å²) in [6.07, 6.45) is 1.62. The quantitative estimate of drug-likeness (QED) is 0.153. The monoisotopic (exact) mass is 506 g/mol. The maximum absolute atomic E-state index is 12.7. The fourth-order valence-corrected chi connectivity index (χ4v) is 4.77. The van der Waals surface area contributed by atoms with Gasteiger partial charge in [-0.25, -0.2) is 5.43 Å². The van der Waals surface area contributed by atoms with Crippen LogP contribution < -0.4 is 10.7 Å². The van der Waals surface area contributed by atoms with Crippen LogP contribution in [0.3, 0.4) is 0 Å². The van der Waals surface area contributed by atoms with Crippen molar-refractivity contribution in [2.24, 2.45) is 5.10 Å². The molecule has 0 radical (unpaired) electrons. The van der Waals surface area contributed by atoms with Crippen molar-refractivity contribution in [3.63, 3.8) is 0 Å². The van der Waals surface area contributed by atoms with Crippen LogP contribution in [0, 0.1) is 0 Å². The Morgan fingerprint density at radius 1 is 0.919 bits per heavy atom. The summed E-state index contributed by atoms with van der Waals surface area (Å²) in [4.78, 5) is 12.7. The topological polar surface area (TPSA) is 84.2 Å². The number of para-hydroxylation sites is 1. The number of benzene rings is 4. The van der Waals surface area contributed by atoms with Crippen LogP contribution in [0.4, 0.5) is 5.69 Å². The van der Waals surface area contributed by atoms with E-state index in [2.05, 4.69) is 50.3 Å². The Bertz CT molecular complexity index is 1510. The minimum atomic E-state index is -0.432. The minimum absolute atomic E-state index is 0.213. The number of hydrazone groups is 1. The molecule has 1 atom stereocenters. The van der Waals surface area contributed by atoms with Crippen molar-refractivity contribution in [3.8, 4) is 5.69 Å². The number of carbonyl (C=O) groups excluding carboxylic acids is 1. The average molecular weight is 507 g/mol. The van der Waals surface area contributed by atoms with Crippen molar-refractivity contribution in [2.75, 3.05) is 5.32 Å². The van der Waals surface area contributed by atoms with Crippen LogP contribution in [-0.2, 0) is 11.3 Å². The number of thioether (sulfide) groups is 1. The highest BCUT2D eigenvalue weighted by molar-refractivity contribution is 8.00. The smallest absolute Gasteiger partial charge is 0.253 e. The van der Waals surface area contributed by atoms with E-state index in [1.54, 1.807) is 6.21 Å². The fraction of sp³-hybridized carbons (Fsp3) is 0.103. The molecule has 5 aromatic rings. The van der Waals surface area contributed by atoms with Crippen LogP contribution in [0.2, 0.25) is 0 Å². The molecular formula is C29H26N6OS. The predicted molar refractivity (Wildman–Crippen MR) is 150 cm³/mol. The summed E-state index contributed by atoms with van der Waals surface area (Å²) in [5.74, 6) is 0.534. The molecule has 0 fully saturated rings. The third kappa shape index (κ3) is 5.87. The van der Waals surface area contributed by atoms with Gasteiger partial charge in [-0.1, -0.05) is 96.7 Å². The zero-order valence-corrected chi connectivity index (χ0v) is 21.1. The summed E-state index contributed by atoms with van der Waals surface area (Å²) in [5, 5.41) is 19.0. The summed E-state index contributed by atoms with van der Waals surface area (Å²) in [5.41, 5.74) is 5.49. The Labute approximate surface area is 219 Å². The number of fused-ring (bicyclic) bond motifs is 1. The molecule has 2 N–H and O–H groups in total. The molecule has 37 heavy (non-hydrogen) atoms. The Morgan fingerprint density at radius 2 is 1.62 bits per heavy atom. The Hall–Kier alpha value is -4.43. The number of amides is 1. The molecule has 0 saturated carbocycles. The average Bonchev–Trinajstić information content (AvgIpc) is 3.35. The van der Waals surface area contributed by atoms with Crippen LogP contribution in [0.5, 0.6) is 0 Å². The van der Waals surface area contributed by atoms with E-state index < -0.39 is 5.25 Å². The highest BCUT2D eigenvalue weighted by Gasteiger charge is 2.21. The van der Waals surface area contributed by atoms with Crippen molar-refractivity contribution in [2.45, 2.75) is 23.9 Å². The number of anilines is 1. The van der Waals surface area contributed by atoms with Gasteiger partial charge in [-0.05, 0) is 36.1 Å². The summed E-state index contributed by atoms with van der Waals surface area (Å²) < 4.78 is 1.99. The lowest BCUT2D eigenvalue weighted by Gasteiger charge is -2.14. The number of hydrogen-bond donors (Lipinski definition) is 2. The Morgan fingerprint density at radius 3 is 2.43 bits per heavy atom. The third-order valence-corrected chi connectivity index (χ3v) is 6.82. The van der Waals surface area contributed by atoms with Gasteiger partial charge in [0, 0.05) is 16.8 Å². The highest BCUT2D eigenvalue weighted by atomic mass is 32.2. The van der Waals surface area contributed by atoms with Gasteiger partial charge in [0.2, 0.25) is 0 Å². The lowest BCUT2D eigenvalue weighted by molar-refractivity contribution is -0.120. The zero-order chi connectivity index (χ0) is 25.5. The molecule has 4 aromatic carbocycles. The number of aromatic nitrogens is 3. The van der Waals surface area contributed by atoms with Crippen molar-refractivity contribution < 1.29 is 4.79 Å². The van der Waals surface area contributed by atoms with E-state index in [-0.39, 0.29) is 5.91 Å². The largest absolute Gasteiger partial charge is 0.377 e. The molecule has 0 spiro atoms. The van der Waals surface area contributed by atoms with Gasteiger partial charge in [0.1, 0.15) is 0 Å². The molecule has 0 aliphatic heterocycles. The maximum Gasteiger partial charge on any atom is 0.253 e. The van der Waals surface area contributed by atoms with Gasteiger partial charge >= 0.3 is 0 Å². The number of nitrogens with zero attached hydrogens (tertiary/aromatic N) is 4. The second-order valence-corrected chi connectivity index (χ2v) is 9.66. The fourth-order valence-electron chi connectivity index (χ4n) is 3.89. The molecule has 5 rings (SSSR count). The summed E-state index contributed by atoms with van der Waals surface area (Å²) in [7, 11) is 0. The SMILES string of the molecule is CC(Sc1nnc(CNc2cccc3ccccc23)n1-c1ccccc1)C(=O)NN=Cc1ccccc1. The van der Waals surface area contributed by atoms with Crippen molar-refractivity contribution in [1.29, 1.82) is 0 Å². The van der Waals surface area contributed by atoms with Gasteiger partial charge in [0.15, 0.2) is 11.0 Å². The normalized spacial score (nSPS) is 12.0. The molecule has 8 heteroatoms. The third-order valence-electron chi connectivity index (χ3n) is 5.78. The molecule has 0 aliphatic rings. The van der Waals surface area contributed by atoms with Crippen molar-refractivity contribution in [1.82, 2.24) is 20.2 Å². The standard InChI is InChI=1S/C29H26N6OS/c1-21(28(36)33-31-19-22-11-4-2-5-12-22)37-29-34-32-27(35(29)24-15-6-3-7-16-24)20-30-26-18-10-14-23-13-8-9-17-25(23)26/h2-19,21,30H,20H2,1H3,(H,33,36). The van der Waals surface area contributed by atoms with E-state index in [9.17, 15) is 4.79 Å². The summed E-state index contributed by atoms with van der Waals surface area (Å²) >= 11 is 1.34. The lowest BCUT2D eigenvalue weighted by Crippen LogP contribution is -2.27. The van der Waals surface area contributed by atoms with E-state index in [4.69, 9.17) is 0 Å². The summed E-state index contributed by atoms with van der Waals surface area (Å²) in [6, 6.07) is 34.0. The first kappa shape index (κ1) is 24.3. The molecule has 1 heterocycles. The minimum Gasteiger partial charge on any atom is -0.377 e. The van der Waals surface area contributed by atoms with E-state index in [1.165, 1.54) is 17.1 Å². The second-order valence-electron chi connectivity index (χ2n) is 8.36. The van der Waals surface area contributed by atoms with Crippen LogP contribution in [0.15, 0.2) is 113 Å². The number of carbonyl (C=O) groups is 1. The second kappa shape index (κ2) is 11.5. The van der Waals surface area contributed by atoms with Crippen molar-refractivity contribution >= 4 is 40.3 Å². The summed E-state index contributed by atoms with van der Waals surface area (Å²) in [6.45, 7) is 2.30. The molecular weight excluding hydrogens is 480 g/mol. The van der Waals surface area contributed by atoms with E-state index in [0.717, 1.165) is 28.1 Å². The number of rotatable bonds is 9. The van der Waals surface area contributed by atoms with Crippen LogP contribution >= 0.6 is 11.8 Å². The Balaban J connectivity index is 1.33. The zero-order valence-electron chi connectivity index (χ0n) is 20.3. The molecule has 7 nitrogen and oxygen atoms in total. The number of nitrogens with one attached hydrogen (secondary N) is 2. The van der Waals surface area contributed by atoms with E-state index in [1.807, 2.05) is 90.4 Å². The highest BCUT2D eigenvalue weighted by Crippen LogP contribution is 2.27. The van der Waals surface area contributed by atoms with Gasteiger partial charge < -0.3 is 5.32 Å². The molecule has 0 saturated heterocycles. The first-order valence-electron chi connectivity index (χ1n) is 11.9. The van der Waals surface area contributed by atoms with Gasteiger partial charge in [-0.15, -0.1) is 10.2 Å². The molecule has 1 amide bonds. The molecule has 0 aliphatic carbocycles. The van der Waals surface area contributed by atoms with Gasteiger partial charge in [0.05, 0.1) is 18.0 Å². The maximum atomic E-state index is 12.7. The van der Waals surface area contributed by atoms with Gasteiger partial charge in [0.25, 0.3) is 5.91 Å². The van der Waals surface area contributed by atoms with Crippen LogP contribution in [0.1, 0.15) is 18.3 Å². The van der Waals surface area contributed by atoms with Crippen LogP contribution in [0.25, 0.3) is 16.5 Å². The first-order chi connectivity index (χ1) is 18.2. The Kier molecular flexibility index (Phi) is 7.57. The molecule has 184 valence electrons. The van der Waals surface area contributed by atoms with E-state index in [0.29, 0.717) is 11.7 Å². The number of hydrogen-bond acceptors (Lipinski definition) is 6. The predicted octanol–water partition coefficient (Wildman–Crippen LogP) is 5.66.